The minimum absolute atomic E-state index is 0.115. The van der Waals surface area contributed by atoms with E-state index in [0.717, 1.165) is 37.1 Å². The van der Waals surface area contributed by atoms with Gasteiger partial charge < -0.3 is 33.9 Å². The quantitative estimate of drug-likeness (QED) is 0.0757. The van der Waals surface area contributed by atoms with Crippen LogP contribution in [-0.2, 0) is 23.3 Å². The van der Waals surface area contributed by atoms with Gasteiger partial charge in [-0.3, -0.25) is 0 Å². The second-order valence-corrected chi connectivity index (χ2v) is 12.7. The number of rotatable bonds is 26. The van der Waals surface area contributed by atoms with Crippen molar-refractivity contribution in [2.45, 2.75) is 148 Å². The number of nitrogens with zero attached hydrogens (tertiary/aromatic N) is 3. The summed E-state index contributed by atoms with van der Waals surface area (Å²) in [7, 11) is -0.398. The summed E-state index contributed by atoms with van der Waals surface area (Å²) in [5.74, 6) is 0.437. The van der Waals surface area contributed by atoms with E-state index in [0.29, 0.717) is 12.4 Å². The first-order valence-corrected chi connectivity index (χ1v) is 18.8. The lowest BCUT2D eigenvalue weighted by Gasteiger charge is -2.19. The van der Waals surface area contributed by atoms with Crippen molar-refractivity contribution in [3.8, 4) is 0 Å². The van der Waals surface area contributed by atoms with E-state index < -0.39 is 8.60 Å². The second kappa shape index (κ2) is 25.7. The Morgan fingerprint density at radius 1 is 0.911 bits per heavy atom. The molecule has 0 radical (unpaired) electrons. The minimum Gasteiger partial charge on any atom is -0.382 e. The molecule has 1 aliphatic rings. The van der Waals surface area contributed by atoms with Gasteiger partial charge in [-0.2, -0.15) is 5.10 Å². The average Bonchev–Trinajstić information content (AvgIpc) is 3.72. The first-order valence-electron chi connectivity index (χ1n) is 17.7. The van der Waals surface area contributed by atoms with Gasteiger partial charge in [-0.25, -0.2) is 9.50 Å². The largest absolute Gasteiger partial charge is 0.382 e. The van der Waals surface area contributed by atoms with Crippen LogP contribution >= 0.6 is 8.60 Å². The number of unbranched alkanes of at least 4 members (excludes halogenated alkanes) is 14. The SMILES string of the molecule is CC.CCCCCCCCCCCCCCCCCOCC(COP(O)OCC1CCC(c2ccc3c(N)ncnn23)O1)OC. The van der Waals surface area contributed by atoms with Crippen molar-refractivity contribution < 1.29 is 28.2 Å². The van der Waals surface area contributed by atoms with Crippen LogP contribution in [0.5, 0.6) is 0 Å². The molecule has 1 fully saturated rings. The summed E-state index contributed by atoms with van der Waals surface area (Å²) in [5.41, 5.74) is 7.63. The Kier molecular flexibility index (Phi) is 22.7. The molecule has 0 aliphatic carbocycles. The molecule has 0 saturated carbocycles. The van der Waals surface area contributed by atoms with Crippen LogP contribution in [0.1, 0.15) is 142 Å². The molecule has 0 bridgehead atoms. The molecular formula is C34H63N4O6P. The lowest BCUT2D eigenvalue weighted by Crippen LogP contribution is -2.24. The first-order chi connectivity index (χ1) is 22.1. The van der Waals surface area contributed by atoms with Gasteiger partial charge in [-0.1, -0.05) is 111 Å². The average molecular weight is 655 g/mol. The number of anilines is 1. The summed E-state index contributed by atoms with van der Waals surface area (Å²) in [4.78, 5) is 14.3. The fourth-order valence-electron chi connectivity index (χ4n) is 5.57. The van der Waals surface area contributed by atoms with Crippen LogP contribution in [0.15, 0.2) is 18.5 Å². The predicted molar refractivity (Wildman–Crippen MR) is 183 cm³/mol. The molecule has 2 aromatic rings. The second-order valence-electron chi connectivity index (χ2n) is 11.7. The maximum absolute atomic E-state index is 10.2. The van der Waals surface area contributed by atoms with Gasteiger partial charge >= 0.3 is 8.60 Å². The Bertz CT molecular complexity index is 983. The molecule has 4 atom stereocenters. The molecule has 10 nitrogen and oxygen atoms in total. The standard InChI is InChI=1S/C32H57N4O6P.C2H6/c1-3-4-5-6-7-8-9-10-11-12-13-14-15-16-17-22-39-23-28(38-2)25-41-43(37)40-24-27-18-21-31(42-27)29-19-20-30-32(33)34-26-35-36(29)30;1-2/h19-20,26-28,31,37H,3-18,21-25H2,1-2H3,(H2,33,34,35);1-2H3. The Morgan fingerprint density at radius 2 is 1.53 bits per heavy atom. The fraction of sp³-hybridized carbons (Fsp3) is 0.824. The molecule has 45 heavy (non-hydrogen) atoms. The normalized spacial score (nSPS) is 17.8. The summed E-state index contributed by atoms with van der Waals surface area (Å²) in [6.45, 7) is 7.90. The zero-order chi connectivity index (χ0) is 32.5. The number of ether oxygens (including phenoxy) is 3. The molecule has 0 spiro atoms. The summed E-state index contributed by atoms with van der Waals surface area (Å²) < 4.78 is 30.2. The third-order valence-electron chi connectivity index (χ3n) is 8.22. The summed E-state index contributed by atoms with van der Waals surface area (Å²) in [6, 6.07) is 3.86. The molecule has 11 heteroatoms. The molecule has 4 unspecified atom stereocenters. The zero-order valence-corrected chi connectivity index (χ0v) is 29.6. The van der Waals surface area contributed by atoms with Crippen molar-refractivity contribution in [3.63, 3.8) is 0 Å². The Hall–Kier alpha value is -1.39. The number of hydrogen-bond acceptors (Lipinski definition) is 9. The monoisotopic (exact) mass is 654 g/mol. The van der Waals surface area contributed by atoms with Crippen LogP contribution in [0.3, 0.4) is 0 Å². The number of nitrogens with two attached hydrogens (primary N) is 1. The van der Waals surface area contributed by atoms with Gasteiger partial charge in [0.05, 0.1) is 31.6 Å². The van der Waals surface area contributed by atoms with Gasteiger partial charge in [0.1, 0.15) is 24.1 Å². The third-order valence-corrected chi connectivity index (χ3v) is 8.96. The number of methoxy groups -OCH3 is 1. The van der Waals surface area contributed by atoms with Crippen molar-refractivity contribution in [3.05, 3.63) is 24.2 Å². The van der Waals surface area contributed by atoms with Gasteiger partial charge in [0.25, 0.3) is 0 Å². The summed E-state index contributed by atoms with van der Waals surface area (Å²) in [5, 5.41) is 4.30. The molecule has 260 valence electrons. The maximum Gasteiger partial charge on any atom is 0.330 e. The Morgan fingerprint density at radius 3 is 2.16 bits per heavy atom. The molecule has 0 aromatic carbocycles. The van der Waals surface area contributed by atoms with E-state index in [1.807, 2.05) is 26.0 Å². The van der Waals surface area contributed by atoms with Gasteiger partial charge in [0.2, 0.25) is 0 Å². The van der Waals surface area contributed by atoms with Crippen molar-refractivity contribution in [2.75, 3.05) is 39.3 Å². The highest BCUT2D eigenvalue weighted by Gasteiger charge is 2.30. The molecule has 2 aromatic heterocycles. The number of nitrogen functional groups attached to an aromatic ring is 1. The van der Waals surface area contributed by atoms with Gasteiger partial charge in [0.15, 0.2) is 5.82 Å². The molecule has 3 rings (SSSR count). The van der Waals surface area contributed by atoms with Crippen molar-refractivity contribution in [1.82, 2.24) is 14.6 Å². The highest BCUT2D eigenvalue weighted by atomic mass is 31.2. The fourth-order valence-corrected chi connectivity index (χ4v) is 6.23. The molecule has 3 N–H and O–H groups in total. The van der Waals surface area contributed by atoms with Crippen LogP contribution in [0.25, 0.3) is 5.52 Å². The van der Waals surface area contributed by atoms with E-state index in [1.165, 1.54) is 96.2 Å². The van der Waals surface area contributed by atoms with Crippen LogP contribution in [0.2, 0.25) is 0 Å². The van der Waals surface area contributed by atoms with E-state index in [1.54, 1.807) is 11.6 Å². The van der Waals surface area contributed by atoms with E-state index in [9.17, 15) is 4.89 Å². The predicted octanol–water partition coefficient (Wildman–Crippen LogP) is 8.71. The maximum atomic E-state index is 10.2. The first kappa shape index (κ1) is 39.8. The van der Waals surface area contributed by atoms with Gasteiger partial charge in [-0.05, 0) is 31.4 Å². The van der Waals surface area contributed by atoms with E-state index >= 15 is 0 Å². The number of aromatic nitrogens is 3. The van der Waals surface area contributed by atoms with E-state index in [-0.39, 0.29) is 31.5 Å². The van der Waals surface area contributed by atoms with Crippen molar-refractivity contribution in [2.24, 2.45) is 0 Å². The summed E-state index contributed by atoms with van der Waals surface area (Å²) >= 11 is 0. The van der Waals surface area contributed by atoms with Crippen LogP contribution in [-0.4, -0.2) is 65.2 Å². The van der Waals surface area contributed by atoms with E-state index in [2.05, 4.69) is 17.0 Å². The molecular weight excluding hydrogens is 591 g/mol. The Balaban J connectivity index is 0.00000345. The highest BCUT2D eigenvalue weighted by molar-refractivity contribution is 7.40. The van der Waals surface area contributed by atoms with Crippen LogP contribution < -0.4 is 5.73 Å². The van der Waals surface area contributed by atoms with Gasteiger partial charge in [-0.15, -0.1) is 0 Å². The third kappa shape index (κ3) is 16.3. The summed E-state index contributed by atoms with van der Waals surface area (Å²) in [6.07, 6.45) is 22.9. The van der Waals surface area contributed by atoms with Crippen molar-refractivity contribution in [1.29, 1.82) is 0 Å². The molecule has 3 heterocycles. The Labute approximate surface area is 274 Å². The number of hydrogen-bond donors (Lipinski definition) is 2. The minimum atomic E-state index is -2.02. The highest BCUT2D eigenvalue weighted by Crippen LogP contribution is 2.38. The van der Waals surface area contributed by atoms with Crippen molar-refractivity contribution >= 4 is 19.9 Å². The molecule has 1 aliphatic heterocycles. The van der Waals surface area contributed by atoms with Crippen LogP contribution in [0, 0.1) is 0 Å². The zero-order valence-electron chi connectivity index (χ0n) is 28.7. The smallest absolute Gasteiger partial charge is 0.330 e. The van der Waals surface area contributed by atoms with E-state index in [4.69, 9.17) is 29.0 Å². The van der Waals surface area contributed by atoms with Crippen LogP contribution in [0.4, 0.5) is 5.82 Å². The lowest BCUT2D eigenvalue weighted by atomic mass is 10.0. The number of fused-ring (bicyclic) bond motifs is 1. The topological polar surface area (TPSA) is 123 Å². The van der Waals surface area contributed by atoms with Gasteiger partial charge in [0, 0.05) is 13.7 Å². The molecule has 1 saturated heterocycles. The molecule has 0 amide bonds. The lowest BCUT2D eigenvalue weighted by molar-refractivity contribution is -0.0221.